The Morgan fingerprint density at radius 1 is 1.47 bits per heavy atom. The van der Waals surface area contributed by atoms with Crippen LogP contribution in [0.25, 0.3) is 0 Å². The summed E-state index contributed by atoms with van der Waals surface area (Å²) in [6, 6.07) is 2.85. The maximum atomic E-state index is 13.3. The van der Waals surface area contributed by atoms with Gasteiger partial charge in [-0.25, -0.2) is 12.8 Å². The van der Waals surface area contributed by atoms with Gasteiger partial charge >= 0.3 is 0 Å². The first-order valence-electron chi connectivity index (χ1n) is 4.96. The van der Waals surface area contributed by atoms with Crippen molar-refractivity contribution in [2.75, 3.05) is 29.6 Å². The average molecular weight is 372 g/mol. The molecule has 0 amide bonds. The Balaban J connectivity index is 2.55. The molecule has 0 aromatic heterocycles. The number of nitrogen functional groups attached to an aromatic ring is 1. The molecule has 0 fully saturated rings. The number of nitrogens with two attached hydrogens (primary N) is 1. The molecule has 1 rings (SSSR count). The van der Waals surface area contributed by atoms with Gasteiger partial charge in [-0.3, -0.25) is 0 Å². The van der Waals surface area contributed by atoms with Crippen molar-refractivity contribution in [1.82, 2.24) is 0 Å². The SMILES string of the molecule is CS(=O)(=O)CCCNc1cc(F)c(I)cc1N. The zero-order chi connectivity index (χ0) is 13.1. The lowest BCUT2D eigenvalue weighted by Crippen LogP contribution is -2.11. The number of nitrogens with one attached hydrogen (secondary N) is 1. The largest absolute Gasteiger partial charge is 0.397 e. The van der Waals surface area contributed by atoms with E-state index in [0.29, 0.717) is 27.9 Å². The fraction of sp³-hybridized carbons (Fsp3) is 0.400. The van der Waals surface area contributed by atoms with Crippen LogP contribution in [0.1, 0.15) is 6.42 Å². The summed E-state index contributed by atoms with van der Waals surface area (Å²) in [6.45, 7) is 0.442. The summed E-state index contributed by atoms with van der Waals surface area (Å²) in [5.74, 6) is -0.238. The van der Waals surface area contributed by atoms with Crippen molar-refractivity contribution in [1.29, 1.82) is 0 Å². The van der Waals surface area contributed by atoms with E-state index in [4.69, 9.17) is 5.73 Å². The number of halogens is 2. The lowest BCUT2D eigenvalue weighted by atomic mass is 10.2. The number of hydrogen-bond donors (Lipinski definition) is 2. The number of sulfone groups is 1. The van der Waals surface area contributed by atoms with Crippen molar-refractivity contribution in [2.45, 2.75) is 6.42 Å². The van der Waals surface area contributed by atoms with Crippen LogP contribution in [0.4, 0.5) is 15.8 Å². The first-order valence-corrected chi connectivity index (χ1v) is 8.09. The van der Waals surface area contributed by atoms with Gasteiger partial charge in [-0.2, -0.15) is 0 Å². The second kappa shape index (κ2) is 5.85. The van der Waals surface area contributed by atoms with E-state index in [1.54, 1.807) is 0 Å². The van der Waals surface area contributed by atoms with Gasteiger partial charge < -0.3 is 11.1 Å². The van der Waals surface area contributed by atoms with Gasteiger partial charge in [0.05, 0.1) is 20.7 Å². The first-order chi connectivity index (χ1) is 7.79. The Bertz CT molecular complexity index is 505. The Labute approximate surface area is 114 Å². The smallest absolute Gasteiger partial charge is 0.147 e. The Hall–Kier alpha value is -0.570. The molecule has 0 bridgehead atoms. The Morgan fingerprint density at radius 2 is 2.12 bits per heavy atom. The molecule has 0 saturated heterocycles. The maximum Gasteiger partial charge on any atom is 0.147 e. The molecule has 0 heterocycles. The molecule has 0 aliphatic heterocycles. The van der Waals surface area contributed by atoms with E-state index in [9.17, 15) is 12.8 Å². The molecule has 1 aromatic carbocycles. The van der Waals surface area contributed by atoms with Crippen molar-refractivity contribution in [2.24, 2.45) is 0 Å². The zero-order valence-electron chi connectivity index (χ0n) is 9.33. The van der Waals surface area contributed by atoms with Gasteiger partial charge in [0.2, 0.25) is 0 Å². The summed E-state index contributed by atoms with van der Waals surface area (Å²) in [5, 5.41) is 2.92. The predicted molar refractivity (Wildman–Crippen MR) is 76.3 cm³/mol. The standard InChI is InChI=1S/C10H14FIN2O2S/c1-17(15,16)4-2-3-14-10-5-7(11)8(12)6-9(10)13/h5-6,14H,2-4,13H2,1H3. The second-order valence-corrected chi connectivity index (χ2v) is 7.19. The highest BCUT2D eigenvalue weighted by Crippen LogP contribution is 2.23. The molecule has 0 atom stereocenters. The summed E-state index contributed by atoms with van der Waals surface area (Å²) < 4.78 is 35.5. The monoisotopic (exact) mass is 372 g/mol. The number of anilines is 2. The fourth-order valence-corrected chi connectivity index (χ4v) is 2.43. The van der Waals surface area contributed by atoms with E-state index >= 15 is 0 Å². The summed E-state index contributed by atoms with van der Waals surface area (Å²) >= 11 is 1.86. The van der Waals surface area contributed by atoms with Gasteiger partial charge in [0.1, 0.15) is 15.7 Å². The normalized spacial score (nSPS) is 11.5. The van der Waals surface area contributed by atoms with E-state index in [2.05, 4.69) is 5.32 Å². The van der Waals surface area contributed by atoms with Crippen LogP contribution in [-0.4, -0.2) is 27.0 Å². The minimum atomic E-state index is -2.95. The molecule has 0 aliphatic carbocycles. The molecule has 3 N–H and O–H groups in total. The molecule has 0 radical (unpaired) electrons. The summed E-state index contributed by atoms with van der Waals surface area (Å²) in [7, 11) is -2.95. The average Bonchev–Trinajstić information content (AvgIpc) is 2.18. The van der Waals surface area contributed by atoms with Crippen molar-refractivity contribution in [3.05, 3.63) is 21.5 Å². The van der Waals surface area contributed by atoms with Gasteiger partial charge in [-0.05, 0) is 35.1 Å². The highest BCUT2D eigenvalue weighted by Gasteiger charge is 2.06. The molecule has 1 aromatic rings. The lowest BCUT2D eigenvalue weighted by molar-refractivity contribution is 0.599. The van der Waals surface area contributed by atoms with Gasteiger partial charge in [-0.1, -0.05) is 0 Å². The van der Waals surface area contributed by atoms with E-state index in [1.165, 1.54) is 18.4 Å². The van der Waals surface area contributed by atoms with Crippen LogP contribution >= 0.6 is 22.6 Å². The minimum absolute atomic E-state index is 0.104. The van der Waals surface area contributed by atoms with Gasteiger partial charge in [0.15, 0.2) is 0 Å². The van der Waals surface area contributed by atoms with Crippen LogP contribution in [0.2, 0.25) is 0 Å². The molecule has 7 heteroatoms. The molecule has 0 spiro atoms. The van der Waals surface area contributed by atoms with E-state index < -0.39 is 9.84 Å². The maximum absolute atomic E-state index is 13.3. The van der Waals surface area contributed by atoms with E-state index in [1.807, 2.05) is 22.6 Å². The van der Waals surface area contributed by atoms with Gasteiger partial charge in [0.25, 0.3) is 0 Å². The molecule has 0 unspecified atom stereocenters. The van der Waals surface area contributed by atoms with Crippen molar-refractivity contribution in [3.63, 3.8) is 0 Å². The second-order valence-electron chi connectivity index (χ2n) is 3.76. The summed E-state index contributed by atoms with van der Waals surface area (Å²) in [4.78, 5) is 0. The Kier molecular flexibility index (Phi) is 4.99. The van der Waals surface area contributed by atoms with Crippen molar-refractivity contribution in [3.8, 4) is 0 Å². The van der Waals surface area contributed by atoms with Gasteiger partial charge in [-0.15, -0.1) is 0 Å². The van der Waals surface area contributed by atoms with Crippen LogP contribution < -0.4 is 11.1 Å². The third kappa shape index (κ3) is 5.07. The molecular weight excluding hydrogens is 358 g/mol. The van der Waals surface area contributed by atoms with Crippen LogP contribution in [0.15, 0.2) is 12.1 Å². The predicted octanol–water partition coefficient (Wildman–Crippen LogP) is 1.86. The molecule has 4 nitrogen and oxygen atoms in total. The minimum Gasteiger partial charge on any atom is -0.397 e. The first kappa shape index (κ1) is 14.5. The van der Waals surface area contributed by atoms with Crippen LogP contribution in [-0.2, 0) is 9.84 Å². The third-order valence-electron chi connectivity index (χ3n) is 2.10. The fourth-order valence-electron chi connectivity index (χ4n) is 1.27. The third-order valence-corrected chi connectivity index (χ3v) is 3.96. The number of rotatable bonds is 5. The van der Waals surface area contributed by atoms with Crippen molar-refractivity contribution < 1.29 is 12.8 Å². The molecule has 17 heavy (non-hydrogen) atoms. The lowest BCUT2D eigenvalue weighted by Gasteiger charge is -2.09. The summed E-state index contributed by atoms with van der Waals surface area (Å²) in [5.41, 5.74) is 6.66. The van der Waals surface area contributed by atoms with E-state index in [0.717, 1.165) is 0 Å². The topological polar surface area (TPSA) is 72.2 Å². The van der Waals surface area contributed by atoms with Crippen LogP contribution in [0.5, 0.6) is 0 Å². The number of benzene rings is 1. The number of hydrogen-bond acceptors (Lipinski definition) is 4. The summed E-state index contributed by atoms with van der Waals surface area (Å²) in [6.07, 6.45) is 1.65. The molecule has 0 aliphatic rings. The van der Waals surface area contributed by atoms with Crippen molar-refractivity contribution >= 4 is 43.8 Å². The van der Waals surface area contributed by atoms with Crippen LogP contribution in [0.3, 0.4) is 0 Å². The molecule has 0 saturated carbocycles. The highest BCUT2D eigenvalue weighted by molar-refractivity contribution is 14.1. The van der Waals surface area contributed by atoms with Crippen LogP contribution in [0, 0.1) is 9.39 Å². The van der Waals surface area contributed by atoms with E-state index in [-0.39, 0.29) is 11.6 Å². The quantitative estimate of drug-likeness (QED) is 0.470. The Morgan fingerprint density at radius 3 is 2.71 bits per heavy atom. The van der Waals surface area contributed by atoms with Gasteiger partial charge in [0, 0.05) is 18.9 Å². The molecule has 96 valence electrons. The zero-order valence-corrected chi connectivity index (χ0v) is 12.3. The molecular formula is C10H14FIN2O2S. The highest BCUT2D eigenvalue weighted by atomic mass is 127.